The number of amides is 1. The molecule has 1 fully saturated rings. The van der Waals surface area contributed by atoms with Crippen LogP contribution >= 0.6 is 0 Å². The molecule has 1 aromatic heterocycles. The molecule has 1 aromatic rings. The molecule has 0 unspecified atom stereocenters. The summed E-state index contributed by atoms with van der Waals surface area (Å²) in [6, 6.07) is 2.89. The Morgan fingerprint density at radius 3 is 2.85 bits per heavy atom. The highest BCUT2D eigenvalue weighted by Crippen LogP contribution is 2.12. The molecule has 0 radical (unpaired) electrons. The molecule has 6 heteroatoms. The Labute approximate surface area is 120 Å². The summed E-state index contributed by atoms with van der Waals surface area (Å²) in [6.45, 7) is 4.69. The van der Waals surface area contributed by atoms with E-state index in [1.807, 2.05) is 16.9 Å². The van der Waals surface area contributed by atoms with E-state index in [9.17, 15) is 4.79 Å². The zero-order valence-electron chi connectivity index (χ0n) is 12.3. The molecule has 1 saturated heterocycles. The van der Waals surface area contributed by atoms with Crippen molar-refractivity contribution in [3.63, 3.8) is 0 Å². The van der Waals surface area contributed by atoms with Crippen LogP contribution in [0.1, 0.15) is 26.2 Å². The van der Waals surface area contributed by atoms with Gasteiger partial charge in [-0.1, -0.05) is 0 Å². The zero-order valence-corrected chi connectivity index (χ0v) is 12.3. The van der Waals surface area contributed by atoms with E-state index in [4.69, 9.17) is 4.74 Å². The first-order valence-electron chi connectivity index (χ1n) is 7.25. The smallest absolute Gasteiger partial charge is 0.409 e. The second-order valence-corrected chi connectivity index (χ2v) is 5.36. The fourth-order valence-corrected chi connectivity index (χ4v) is 2.60. The van der Waals surface area contributed by atoms with Crippen molar-refractivity contribution in [1.29, 1.82) is 0 Å². The van der Waals surface area contributed by atoms with Gasteiger partial charge in [0.2, 0.25) is 0 Å². The molecule has 0 bridgehead atoms. The highest BCUT2D eigenvalue weighted by Gasteiger charge is 2.23. The summed E-state index contributed by atoms with van der Waals surface area (Å²) in [7, 11) is 1.43. The Kier molecular flexibility index (Phi) is 5.40. The Bertz CT molecular complexity index is 399. The van der Waals surface area contributed by atoms with Crippen molar-refractivity contribution in [2.45, 2.75) is 44.8 Å². The minimum atomic E-state index is -0.213. The molecule has 6 nitrogen and oxygen atoms in total. The van der Waals surface area contributed by atoms with Crippen LogP contribution in [0.5, 0.6) is 0 Å². The van der Waals surface area contributed by atoms with Crippen molar-refractivity contribution in [3.8, 4) is 0 Å². The number of aryl methyl sites for hydroxylation is 1. The average Bonchev–Trinajstić information content (AvgIpc) is 2.98. The van der Waals surface area contributed by atoms with Gasteiger partial charge >= 0.3 is 6.09 Å². The third kappa shape index (κ3) is 4.23. The van der Waals surface area contributed by atoms with Crippen LogP contribution in [-0.4, -0.2) is 53.1 Å². The largest absolute Gasteiger partial charge is 0.453 e. The number of rotatable bonds is 5. The molecule has 1 N–H and O–H groups in total. The van der Waals surface area contributed by atoms with Gasteiger partial charge in [0.1, 0.15) is 0 Å². The highest BCUT2D eigenvalue weighted by molar-refractivity contribution is 5.67. The van der Waals surface area contributed by atoms with Crippen molar-refractivity contribution in [3.05, 3.63) is 18.5 Å². The molecular weight excluding hydrogens is 256 g/mol. The quantitative estimate of drug-likeness (QED) is 0.887. The van der Waals surface area contributed by atoms with E-state index in [2.05, 4.69) is 17.3 Å². The fourth-order valence-electron chi connectivity index (χ4n) is 2.60. The summed E-state index contributed by atoms with van der Waals surface area (Å²) in [5.74, 6) is 0. The summed E-state index contributed by atoms with van der Waals surface area (Å²) in [6.07, 6.45) is 6.61. The van der Waals surface area contributed by atoms with E-state index in [0.29, 0.717) is 12.1 Å². The van der Waals surface area contributed by atoms with Gasteiger partial charge in [-0.05, 0) is 32.3 Å². The van der Waals surface area contributed by atoms with Gasteiger partial charge in [0.15, 0.2) is 0 Å². The number of carbonyl (C=O) groups is 1. The predicted molar refractivity (Wildman–Crippen MR) is 76.4 cm³/mol. The van der Waals surface area contributed by atoms with Gasteiger partial charge in [-0.3, -0.25) is 4.68 Å². The third-order valence-corrected chi connectivity index (χ3v) is 3.80. The van der Waals surface area contributed by atoms with Crippen LogP contribution in [0.4, 0.5) is 4.79 Å². The summed E-state index contributed by atoms with van der Waals surface area (Å²) in [5.41, 5.74) is 0. The number of methoxy groups -OCH3 is 1. The molecule has 0 aromatic carbocycles. The lowest BCUT2D eigenvalue weighted by Gasteiger charge is -2.33. The molecule has 112 valence electrons. The van der Waals surface area contributed by atoms with Gasteiger partial charge in [0.05, 0.1) is 7.11 Å². The minimum absolute atomic E-state index is 0.213. The van der Waals surface area contributed by atoms with E-state index in [1.165, 1.54) is 7.11 Å². The topological polar surface area (TPSA) is 59.4 Å². The molecule has 20 heavy (non-hydrogen) atoms. The van der Waals surface area contributed by atoms with Gasteiger partial charge in [0, 0.05) is 44.1 Å². The second kappa shape index (κ2) is 7.28. The molecule has 1 amide bonds. The summed E-state index contributed by atoms with van der Waals surface area (Å²) in [4.78, 5) is 13.2. The normalized spacial score (nSPS) is 18.0. The Hall–Kier alpha value is -1.56. The maximum absolute atomic E-state index is 11.4. The van der Waals surface area contributed by atoms with Gasteiger partial charge in [-0.15, -0.1) is 0 Å². The van der Waals surface area contributed by atoms with E-state index >= 15 is 0 Å². The lowest BCUT2D eigenvalue weighted by Crippen LogP contribution is -2.47. The molecule has 1 aliphatic rings. The number of likely N-dealkylation sites (tertiary alicyclic amines) is 1. The molecule has 1 aliphatic heterocycles. The predicted octanol–water partition coefficient (Wildman–Crippen LogP) is 1.48. The molecule has 2 rings (SSSR count). The first-order valence-corrected chi connectivity index (χ1v) is 7.25. The van der Waals surface area contributed by atoms with Crippen LogP contribution in [0.3, 0.4) is 0 Å². The zero-order chi connectivity index (χ0) is 14.4. The number of hydrogen-bond acceptors (Lipinski definition) is 4. The first-order chi connectivity index (χ1) is 9.69. The number of ether oxygens (including phenoxy) is 1. The Balaban J connectivity index is 1.65. The van der Waals surface area contributed by atoms with E-state index in [0.717, 1.165) is 38.9 Å². The maximum Gasteiger partial charge on any atom is 0.409 e. The van der Waals surface area contributed by atoms with Crippen LogP contribution in [0.25, 0.3) is 0 Å². The Morgan fingerprint density at radius 1 is 1.50 bits per heavy atom. The summed E-state index contributed by atoms with van der Waals surface area (Å²) < 4.78 is 6.70. The van der Waals surface area contributed by atoms with Crippen molar-refractivity contribution < 1.29 is 9.53 Å². The third-order valence-electron chi connectivity index (χ3n) is 3.80. The number of carbonyl (C=O) groups excluding carboxylic acids is 1. The molecular formula is C14H24N4O2. The van der Waals surface area contributed by atoms with Crippen molar-refractivity contribution >= 4 is 6.09 Å². The second-order valence-electron chi connectivity index (χ2n) is 5.36. The number of aromatic nitrogens is 2. The van der Waals surface area contributed by atoms with Gasteiger partial charge < -0.3 is 15.0 Å². The number of hydrogen-bond donors (Lipinski definition) is 1. The minimum Gasteiger partial charge on any atom is -0.453 e. The maximum atomic E-state index is 11.4. The van der Waals surface area contributed by atoms with Crippen LogP contribution in [0.2, 0.25) is 0 Å². The molecule has 0 aliphatic carbocycles. The monoisotopic (exact) mass is 280 g/mol. The summed E-state index contributed by atoms with van der Waals surface area (Å²) >= 11 is 0. The van der Waals surface area contributed by atoms with Gasteiger partial charge in [0.25, 0.3) is 0 Å². The van der Waals surface area contributed by atoms with Crippen LogP contribution < -0.4 is 5.32 Å². The highest BCUT2D eigenvalue weighted by atomic mass is 16.5. The number of piperidine rings is 1. The van der Waals surface area contributed by atoms with E-state index in [-0.39, 0.29) is 6.09 Å². The van der Waals surface area contributed by atoms with Crippen LogP contribution in [0.15, 0.2) is 18.5 Å². The molecule has 1 atom stereocenters. The average molecular weight is 280 g/mol. The molecule has 2 heterocycles. The van der Waals surface area contributed by atoms with Crippen LogP contribution in [0, 0.1) is 0 Å². The fraction of sp³-hybridized carbons (Fsp3) is 0.714. The van der Waals surface area contributed by atoms with E-state index < -0.39 is 0 Å². The molecule has 0 saturated carbocycles. The van der Waals surface area contributed by atoms with Gasteiger partial charge in [-0.25, -0.2) is 4.79 Å². The van der Waals surface area contributed by atoms with Crippen molar-refractivity contribution in [2.24, 2.45) is 0 Å². The molecule has 0 spiro atoms. The summed E-state index contributed by atoms with van der Waals surface area (Å²) in [5, 5.41) is 7.84. The van der Waals surface area contributed by atoms with E-state index in [1.54, 1.807) is 11.1 Å². The first kappa shape index (κ1) is 14.8. The number of nitrogens with zero attached hydrogens (tertiary/aromatic N) is 3. The lowest BCUT2D eigenvalue weighted by atomic mass is 10.0. The number of nitrogens with one attached hydrogen (secondary N) is 1. The Morgan fingerprint density at radius 2 is 2.25 bits per heavy atom. The van der Waals surface area contributed by atoms with Crippen molar-refractivity contribution in [1.82, 2.24) is 20.0 Å². The van der Waals surface area contributed by atoms with Crippen molar-refractivity contribution in [2.75, 3.05) is 20.2 Å². The lowest BCUT2D eigenvalue weighted by molar-refractivity contribution is 0.108. The van der Waals surface area contributed by atoms with Crippen LogP contribution in [-0.2, 0) is 11.3 Å². The SMILES string of the molecule is COC(=O)N1CCC(N[C@H](C)CCn2cccn2)CC1. The standard InChI is InChI=1S/C14H24N4O2/c1-12(4-11-18-8-3-7-15-18)16-13-5-9-17(10-6-13)14(19)20-2/h3,7-8,12-13,16H,4-6,9-11H2,1-2H3/t12-/m1/s1. The van der Waals surface area contributed by atoms with Gasteiger partial charge in [-0.2, -0.15) is 5.10 Å².